The van der Waals surface area contributed by atoms with Gasteiger partial charge < -0.3 is 14.4 Å². The smallest absolute Gasteiger partial charge is 0.0984 e. The molecule has 2 saturated heterocycles. The maximum atomic E-state index is 5.34. The fraction of sp³-hybridized carbons (Fsp3) is 0.500. The zero-order valence-electron chi connectivity index (χ0n) is 9.54. The second kappa shape index (κ2) is 5.40. The van der Waals surface area contributed by atoms with Crippen LogP contribution in [0.25, 0.3) is 0 Å². The molecule has 0 N–H and O–H groups in total. The lowest BCUT2D eigenvalue weighted by molar-refractivity contribution is 0.389. The van der Waals surface area contributed by atoms with Crippen molar-refractivity contribution in [2.75, 3.05) is 31.2 Å². The van der Waals surface area contributed by atoms with Gasteiger partial charge >= 0.3 is 0 Å². The van der Waals surface area contributed by atoms with Gasteiger partial charge in [-0.1, -0.05) is 15.9 Å². The Hall–Kier alpha value is 0.380. The Bertz CT molecular complexity index is 424. The molecule has 1 aromatic rings. The van der Waals surface area contributed by atoms with E-state index in [1.54, 1.807) is 0 Å². The summed E-state index contributed by atoms with van der Waals surface area (Å²) < 4.78 is 13.9. The van der Waals surface area contributed by atoms with Crippen LogP contribution in [0.3, 0.4) is 0 Å². The van der Waals surface area contributed by atoms with E-state index < -0.39 is 0 Å². The molecule has 0 radical (unpaired) electrons. The van der Waals surface area contributed by atoms with Crippen LogP contribution in [-0.4, -0.2) is 38.5 Å². The van der Waals surface area contributed by atoms with E-state index in [-0.39, 0.29) is 0 Å². The van der Waals surface area contributed by atoms with E-state index in [1.165, 1.54) is 5.69 Å². The molecular weight excluding hydrogens is 430 g/mol. The summed E-state index contributed by atoms with van der Waals surface area (Å²) in [5.74, 6) is 0. The van der Waals surface area contributed by atoms with Crippen LogP contribution in [0.2, 0.25) is 0 Å². The number of benzene rings is 1. The number of epoxide rings is 2. The van der Waals surface area contributed by atoms with E-state index in [2.05, 4.69) is 64.8 Å². The molecule has 6 heteroatoms. The first-order valence-electron chi connectivity index (χ1n) is 5.76. The van der Waals surface area contributed by atoms with Gasteiger partial charge in [-0.2, -0.15) is 0 Å². The average Bonchev–Trinajstić information content (AvgIpc) is 3.10. The molecule has 0 amide bonds. The quantitative estimate of drug-likeness (QED) is 0.654. The molecule has 2 aliphatic heterocycles. The lowest BCUT2D eigenvalue weighted by atomic mass is 10.2. The van der Waals surface area contributed by atoms with Crippen molar-refractivity contribution in [3.05, 3.63) is 25.6 Å². The molecule has 3 rings (SSSR count). The standard InChI is InChI=1S/C12H12Br3NO2/c13-7-1-10(14)12(11(15)2-7)16(3-8-5-17-8)4-9-6-18-9/h1-2,8-9H,3-6H2/t8-,9-/m0/s1. The van der Waals surface area contributed by atoms with Gasteiger partial charge in [0.1, 0.15) is 0 Å². The summed E-state index contributed by atoms with van der Waals surface area (Å²) in [5.41, 5.74) is 1.17. The first-order valence-corrected chi connectivity index (χ1v) is 8.14. The van der Waals surface area contributed by atoms with Crippen LogP contribution >= 0.6 is 47.8 Å². The summed E-state index contributed by atoms with van der Waals surface area (Å²) in [6, 6.07) is 4.13. The van der Waals surface area contributed by atoms with Gasteiger partial charge in [-0.15, -0.1) is 0 Å². The maximum Gasteiger partial charge on any atom is 0.0984 e. The Labute approximate surface area is 131 Å². The molecule has 18 heavy (non-hydrogen) atoms. The molecule has 0 spiro atoms. The molecule has 0 aromatic heterocycles. The van der Waals surface area contributed by atoms with Crippen molar-refractivity contribution in [1.82, 2.24) is 0 Å². The van der Waals surface area contributed by atoms with Gasteiger partial charge in [0.15, 0.2) is 0 Å². The van der Waals surface area contributed by atoms with E-state index in [4.69, 9.17) is 9.47 Å². The number of anilines is 1. The monoisotopic (exact) mass is 439 g/mol. The third-order valence-electron chi connectivity index (χ3n) is 2.95. The molecule has 3 nitrogen and oxygen atoms in total. The van der Waals surface area contributed by atoms with Crippen molar-refractivity contribution in [3.63, 3.8) is 0 Å². The van der Waals surface area contributed by atoms with Crippen molar-refractivity contribution < 1.29 is 9.47 Å². The summed E-state index contributed by atoms with van der Waals surface area (Å²) in [6.07, 6.45) is 0.734. The highest BCUT2D eigenvalue weighted by atomic mass is 79.9. The van der Waals surface area contributed by atoms with Crippen LogP contribution in [0.5, 0.6) is 0 Å². The van der Waals surface area contributed by atoms with Crippen LogP contribution in [0.1, 0.15) is 0 Å². The van der Waals surface area contributed by atoms with Gasteiger partial charge in [-0.25, -0.2) is 0 Å². The second-order valence-corrected chi connectivity index (χ2v) is 7.16. The summed E-state index contributed by atoms with van der Waals surface area (Å²) in [5, 5.41) is 0. The Morgan fingerprint density at radius 2 is 1.44 bits per heavy atom. The Morgan fingerprint density at radius 1 is 1.00 bits per heavy atom. The predicted octanol–water partition coefficient (Wildman–Crippen LogP) is 3.58. The van der Waals surface area contributed by atoms with E-state index in [9.17, 15) is 0 Å². The van der Waals surface area contributed by atoms with Crippen LogP contribution in [0, 0.1) is 0 Å². The van der Waals surface area contributed by atoms with Gasteiger partial charge in [-0.05, 0) is 44.0 Å². The minimum Gasteiger partial charge on any atom is -0.371 e. The van der Waals surface area contributed by atoms with E-state index in [0.29, 0.717) is 12.2 Å². The largest absolute Gasteiger partial charge is 0.371 e. The fourth-order valence-corrected chi connectivity index (χ4v) is 4.69. The highest BCUT2D eigenvalue weighted by molar-refractivity contribution is 9.11. The number of nitrogens with zero attached hydrogens (tertiary/aromatic N) is 1. The summed E-state index contributed by atoms with van der Waals surface area (Å²) in [6.45, 7) is 3.57. The SMILES string of the molecule is Brc1cc(Br)c(N(C[C@H]2CO2)C[C@H]2CO2)c(Br)c1. The zero-order chi connectivity index (χ0) is 12.7. The van der Waals surface area contributed by atoms with Crippen molar-refractivity contribution in [3.8, 4) is 0 Å². The van der Waals surface area contributed by atoms with Gasteiger partial charge in [0.2, 0.25) is 0 Å². The molecule has 2 fully saturated rings. The van der Waals surface area contributed by atoms with Crippen molar-refractivity contribution in [2.24, 2.45) is 0 Å². The maximum absolute atomic E-state index is 5.34. The van der Waals surface area contributed by atoms with Crippen molar-refractivity contribution >= 4 is 53.5 Å². The first-order chi connectivity index (χ1) is 8.63. The fourth-order valence-electron chi connectivity index (χ4n) is 1.93. The molecule has 0 bridgehead atoms. The average molecular weight is 442 g/mol. The highest BCUT2D eigenvalue weighted by Gasteiger charge is 2.32. The van der Waals surface area contributed by atoms with E-state index >= 15 is 0 Å². The Morgan fingerprint density at radius 3 is 1.83 bits per heavy atom. The van der Waals surface area contributed by atoms with Gasteiger partial charge in [-0.3, -0.25) is 0 Å². The molecule has 2 aliphatic rings. The molecule has 0 unspecified atom stereocenters. The summed E-state index contributed by atoms with van der Waals surface area (Å²) >= 11 is 10.8. The van der Waals surface area contributed by atoms with Gasteiger partial charge in [0.25, 0.3) is 0 Å². The molecule has 2 atom stereocenters. The van der Waals surface area contributed by atoms with Crippen LogP contribution < -0.4 is 4.90 Å². The third kappa shape index (κ3) is 3.28. The lowest BCUT2D eigenvalue weighted by Crippen LogP contribution is -2.32. The van der Waals surface area contributed by atoms with Gasteiger partial charge in [0.05, 0.1) is 31.1 Å². The normalized spacial score (nSPS) is 25.1. The third-order valence-corrected chi connectivity index (χ3v) is 4.62. The minimum absolute atomic E-state index is 0.367. The molecule has 0 saturated carbocycles. The number of rotatable bonds is 5. The molecule has 0 aliphatic carbocycles. The molecule has 98 valence electrons. The lowest BCUT2D eigenvalue weighted by Gasteiger charge is -2.26. The first kappa shape index (κ1) is 13.4. The number of hydrogen-bond donors (Lipinski definition) is 0. The zero-order valence-corrected chi connectivity index (χ0v) is 14.3. The number of ether oxygens (including phenoxy) is 2. The van der Waals surface area contributed by atoms with Crippen LogP contribution in [0.15, 0.2) is 25.6 Å². The van der Waals surface area contributed by atoms with Gasteiger partial charge in [0, 0.05) is 26.5 Å². The Balaban J connectivity index is 1.86. The summed E-state index contributed by atoms with van der Waals surface area (Å²) in [7, 11) is 0. The number of hydrogen-bond acceptors (Lipinski definition) is 3. The Kier molecular flexibility index (Phi) is 4.01. The van der Waals surface area contributed by atoms with Crippen molar-refractivity contribution in [2.45, 2.75) is 12.2 Å². The predicted molar refractivity (Wildman–Crippen MR) is 81.2 cm³/mol. The van der Waals surface area contributed by atoms with Crippen molar-refractivity contribution in [1.29, 1.82) is 0 Å². The minimum atomic E-state index is 0.367. The number of halogens is 3. The van der Waals surface area contributed by atoms with Crippen LogP contribution in [0.4, 0.5) is 5.69 Å². The highest BCUT2D eigenvalue weighted by Crippen LogP contribution is 2.38. The van der Waals surface area contributed by atoms with E-state index in [1.807, 2.05) is 0 Å². The molecule has 1 aromatic carbocycles. The molecule has 2 heterocycles. The van der Waals surface area contributed by atoms with Crippen LogP contribution in [-0.2, 0) is 9.47 Å². The van der Waals surface area contributed by atoms with E-state index in [0.717, 1.165) is 39.7 Å². The molecular formula is C12H12Br3NO2. The summed E-state index contributed by atoms with van der Waals surface area (Å²) in [4.78, 5) is 2.33. The topological polar surface area (TPSA) is 28.3 Å². The second-order valence-electron chi connectivity index (χ2n) is 4.53.